The zero-order chi connectivity index (χ0) is 16.8. The third-order valence-electron chi connectivity index (χ3n) is 5.11. The molecule has 2 aromatic carbocycles. The predicted molar refractivity (Wildman–Crippen MR) is 102 cm³/mol. The zero-order valence-electron chi connectivity index (χ0n) is 14.3. The smallest absolute Gasteiger partial charge is 0.0315 e. The number of rotatable bonds is 4. The van der Waals surface area contributed by atoms with Gasteiger partial charge in [0.1, 0.15) is 0 Å². The van der Waals surface area contributed by atoms with E-state index >= 15 is 0 Å². The Morgan fingerprint density at radius 3 is 1.48 bits per heavy atom. The molecule has 0 spiro atoms. The fourth-order valence-corrected chi connectivity index (χ4v) is 3.52. The van der Waals surface area contributed by atoms with Crippen molar-refractivity contribution in [1.82, 2.24) is 0 Å². The Hall–Kier alpha value is -0.980. The molecule has 0 aromatic heterocycles. The van der Waals surface area contributed by atoms with Gasteiger partial charge in [0.2, 0.25) is 0 Å². The molecule has 1 aliphatic carbocycles. The van der Waals surface area contributed by atoms with Gasteiger partial charge in [-0.2, -0.15) is 0 Å². The second-order valence-electron chi connectivity index (χ2n) is 7.96. The highest BCUT2D eigenvalue weighted by Crippen LogP contribution is 2.40. The maximum absolute atomic E-state index is 6.14. The Balaban J connectivity index is 2.01. The first kappa shape index (κ1) is 16.9. The first-order valence-electron chi connectivity index (χ1n) is 8.17. The number of alkyl halides is 2. The molecule has 23 heavy (non-hydrogen) atoms. The average molecular weight is 347 g/mol. The van der Waals surface area contributed by atoms with Crippen LogP contribution in [0.5, 0.6) is 0 Å². The van der Waals surface area contributed by atoms with Crippen molar-refractivity contribution in [3.05, 3.63) is 58.7 Å². The maximum Gasteiger partial charge on any atom is 0.0315 e. The summed E-state index contributed by atoms with van der Waals surface area (Å²) in [5, 5.41) is 0. The maximum atomic E-state index is 6.14. The van der Waals surface area contributed by atoms with Crippen molar-refractivity contribution in [2.45, 2.75) is 44.9 Å². The van der Waals surface area contributed by atoms with E-state index in [1.165, 1.54) is 33.4 Å². The van der Waals surface area contributed by atoms with E-state index in [-0.39, 0.29) is 10.8 Å². The quantitative estimate of drug-likeness (QED) is 0.487. The second-order valence-corrected chi connectivity index (χ2v) is 8.49. The molecule has 0 saturated carbocycles. The van der Waals surface area contributed by atoms with Crippen LogP contribution in [0.25, 0.3) is 11.1 Å². The van der Waals surface area contributed by atoms with Crippen molar-refractivity contribution in [2.75, 3.05) is 11.8 Å². The van der Waals surface area contributed by atoms with Crippen molar-refractivity contribution < 1.29 is 0 Å². The first-order valence-corrected chi connectivity index (χ1v) is 9.24. The number of hydrogen-bond acceptors (Lipinski definition) is 0. The van der Waals surface area contributed by atoms with E-state index < -0.39 is 0 Å². The van der Waals surface area contributed by atoms with Crippen LogP contribution in [0.4, 0.5) is 0 Å². The lowest BCUT2D eigenvalue weighted by Crippen LogP contribution is -2.19. The molecule has 122 valence electrons. The highest BCUT2D eigenvalue weighted by atomic mass is 35.5. The van der Waals surface area contributed by atoms with Gasteiger partial charge in [0.15, 0.2) is 0 Å². The monoisotopic (exact) mass is 346 g/mol. The predicted octanol–water partition coefficient (Wildman–Crippen LogP) is 6.29. The Morgan fingerprint density at radius 1 is 0.739 bits per heavy atom. The lowest BCUT2D eigenvalue weighted by Gasteiger charge is -2.23. The van der Waals surface area contributed by atoms with Crippen LogP contribution in [0, 0.1) is 0 Å². The largest absolute Gasteiger partial charge is 0.126 e. The van der Waals surface area contributed by atoms with Gasteiger partial charge in [-0.3, -0.25) is 0 Å². The summed E-state index contributed by atoms with van der Waals surface area (Å²) in [5.74, 6) is 1.26. The van der Waals surface area contributed by atoms with Gasteiger partial charge < -0.3 is 0 Å². The molecule has 0 unspecified atom stereocenters. The summed E-state index contributed by atoms with van der Waals surface area (Å²) in [6.07, 6.45) is 1.00. The van der Waals surface area contributed by atoms with E-state index in [4.69, 9.17) is 23.2 Å². The van der Waals surface area contributed by atoms with Gasteiger partial charge in [-0.15, -0.1) is 23.2 Å². The number of hydrogen-bond donors (Lipinski definition) is 0. The molecule has 0 aliphatic heterocycles. The van der Waals surface area contributed by atoms with Crippen LogP contribution in [0.1, 0.15) is 49.9 Å². The standard InChI is InChI=1S/C21H24Cl2/c1-20(2,12-22)16-5-7-18-14(10-16)9-15-11-17(6-8-19(15)18)21(3,4)13-23/h5-8,10-11H,9,12-13H2,1-4H3. The highest BCUT2D eigenvalue weighted by Gasteiger charge is 2.26. The Bertz CT molecular complexity index is 678. The SMILES string of the molecule is CC(C)(CCl)c1ccc2c(c1)Cc1cc(C(C)(C)CCl)ccc1-2. The van der Waals surface area contributed by atoms with E-state index in [1.807, 2.05) is 0 Å². The second kappa shape index (κ2) is 5.83. The van der Waals surface area contributed by atoms with Gasteiger partial charge in [0.05, 0.1) is 0 Å². The van der Waals surface area contributed by atoms with Gasteiger partial charge in [-0.05, 0) is 39.8 Å². The van der Waals surface area contributed by atoms with Gasteiger partial charge in [0.25, 0.3) is 0 Å². The molecule has 0 heterocycles. The highest BCUT2D eigenvalue weighted by molar-refractivity contribution is 6.19. The minimum atomic E-state index is 0.0110. The third kappa shape index (κ3) is 2.92. The van der Waals surface area contributed by atoms with Gasteiger partial charge >= 0.3 is 0 Å². The minimum absolute atomic E-state index is 0.0110. The Labute approximate surface area is 149 Å². The van der Waals surface area contributed by atoms with Crippen LogP contribution in [-0.4, -0.2) is 11.8 Å². The van der Waals surface area contributed by atoms with Crippen molar-refractivity contribution in [2.24, 2.45) is 0 Å². The fourth-order valence-electron chi connectivity index (χ4n) is 3.21. The molecular formula is C21H24Cl2. The summed E-state index contributed by atoms with van der Waals surface area (Å²) in [5.41, 5.74) is 8.22. The summed E-state index contributed by atoms with van der Waals surface area (Å²) in [7, 11) is 0. The number of benzene rings is 2. The van der Waals surface area contributed by atoms with Crippen molar-refractivity contribution in [3.8, 4) is 11.1 Å². The van der Waals surface area contributed by atoms with Crippen LogP contribution in [0.15, 0.2) is 36.4 Å². The third-order valence-corrected chi connectivity index (χ3v) is 6.45. The van der Waals surface area contributed by atoms with Crippen LogP contribution < -0.4 is 0 Å². The van der Waals surface area contributed by atoms with E-state index in [1.54, 1.807) is 0 Å². The van der Waals surface area contributed by atoms with E-state index in [2.05, 4.69) is 64.1 Å². The molecule has 0 bridgehead atoms. The van der Waals surface area contributed by atoms with Crippen LogP contribution in [-0.2, 0) is 17.3 Å². The molecule has 2 heteroatoms. The van der Waals surface area contributed by atoms with Gasteiger partial charge in [0, 0.05) is 22.6 Å². The molecule has 0 amide bonds. The minimum Gasteiger partial charge on any atom is -0.126 e. The lowest BCUT2D eigenvalue weighted by molar-refractivity contribution is 0.597. The van der Waals surface area contributed by atoms with Crippen LogP contribution in [0.3, 0.4) is 0 Å². The summed E-state index contributed by atoms with van der Waals surface area (Å²) in [4.78, 5) is 0. The molecule has 0 fully saturated rings. The molecule has 0 atom stereocenters. The fraction of sp³-hybridized carbons (Fsp3) is 0.429. The van der Waals surface area contributed by atoms with Crippen molar-refractivity contribution >= 4 is 23.2 Å². The molecule has 3 rings (SSSR count). The molecule has 1 aliphatic rings. The van der Waals surface area contributed by atoms with Crippen LogP contribution >= 0.6 is 23.2 Å². The molecule has 0 saturated heterocycles. The first-order chi connectivity index (χ1) is 10.8. The molecule has 0 N–H and O–H groups in total. The Kier molecular flexibility index (Phi) is 4.27. The summed E-state index contributed by atoms with van der Waals surface area (Å²) >= 11 is 12.3. The number of fused-ring (bicyclic) bond motifs is 3. The molecule has 2 aromatic rings. The average Bonchev–Trinajstić information content (AvgIpc) is 2.91. The molecule has 0 nitrogen and oxygen atoms in total. The number of halogens is 2. The van der Waals surface area contributed by atoms with Crippen LogP contribution in [0.2, 0.25) is 0 Å². The van der Waals surface area contributed by atoms with E-state index in [9.17, 15) is 0 Å². The zero-order valence-corrected chi connectivity index (χ0v) is 15.9. The Morgan fingerprint density at radius 2 is 1.13 bits per heavy atom. The van der Waals surface area contributed by atoms with Crippen molar-refractivity contribution in [1.29, 1.82) is 0 Å². The topological polar surface area (TPSA) is 0 Å². The summed E-state index contributed by atoms with van der Waals surface area (Å²) in [6, 6.07) is 13.7. The molecular weight excluding hydrogens is 323 g/mol. The van der Waals surface area contributed by atoms with E-state index in [0.717, 1.165) is 6.42 Å². The van der Waals surface area contributed by atoms with Gasteiger partial charge in [-0.1, -0.05) is 64.1 Å². The van der Waals surface area contributed by atoms with Gasteiger partial charge in [-0.25, -0.2) is 0 Å². The van der Waals surface area contributed by atoms with Crippen molar-refractivity contribution in [3.63, 3.8) is 0 Å². The summed E-state index contributed by atoms with van der Waals surface area (Å²) < 4.78 is 0. The lowest BCUT2D eigenvalue weighted by atomic mass is 9.84. The van der Waals surface area contributed by atoms with E-state index in [0.29, 0.717) is 11.8 Å². The summed E-state index contributed by atoms with van der Waals surface area (Å²) in [6.45, 7) is 8.80. The normalized spacial score (nSPS) is 13.8. The molecule has 0 radical (unpaired) electrons.